The van der Waals surface area contributed by atoms with E-state index in [1.807, 2.05) is 6.92 Å². The van der Waals surface area contributed by atoms with Crippen molar-refractivity contribution in [2.75, 3.05) is 5.32 Å². The molecule has 0 aliphatic carbocycles. The lowest BCUT2D eigenvalue weighted by Crippen LogP contribution is -2.12. The molecule has 0 saturated carbocycles. The lowest BCUT2D eigenvalue weighted by Gasteiger charge is -2.05. The van der Waals surface area contributed by atoms with Gasteiger partial charge in [-0.1, -0.05) is 17.7 Å². The zero-order chi connectivity index (χ0) is 15.7. The maximum Gasteiger partial charge on any atom is 0.419 e. The van der Waals surface area contributed by atoms with Crippen LogP contribution in [0.2, 0.25) is 5.02 Å². The van der Waals surface area contributed by atoms with Crippen LogP contribution in [0.3, 0.4) is 0 Å². The first-order valence-electron chi connectivity index (χ1n) is 6.79. The van der Waals surface area contributed by atoms with Crippen LogP contribution < -0.4 is 11.1 Å². The molecule has 0 fully saturated rings. The maximum atomic E-state index is 12.2. The van der Waals surface area contributed by atoms with Gasteiger partial charge >= 0.3 is 5.76 Å². The zero-order valence-corrected chi connectivity index (χ0v) is 12.6. The summed E-state index contributed by atoms with van der Waals surface area (Å²) in [5.74, 6) is -0.685. The number of anilines is 1. The van der Waals surface area contributed by atoms with Crippen molar-refractivity contribution in [3.8, 4) is 0 Å². The summed E-state index contributed by atoms with van der Waals surface area (Å²) in [6.07, 6.45) is 0. The third kappa shape index (κ3) is 2.63. The topological polar surface area (TPSA) is 64.2 Å². The van der Waals surface area contributed by atoms with E-state index < -0.39 is 5.76 Å². The van der Waals surface area contributed by atoms with Crippen LogP contribution in [0.1, 0.15) is 17.3 Å². The van der Waals surface area contributed by atoms with Crippen molar-refractivity contribution in [2.45, 2.75) is 13.5 Å². The summed E-state index contributed by atoms with van der Waals surface area (Å²) in [6, 6.07) is 11.8. The third-order valence-electron chi connectivity index (χ3n) is 3.33. The molecule has 1 amide bonds. The van der Waals surface area contributed by atoms with Crippen LogP contribution in [0.25, 0.3) is 11.1 Å². The highest BCUT2D eigenvalue weighted by atomic mass is 35.5. The molecule has 1 heterocycles. The third-order valence-corrected chi connectivity index (χ3v) is 3.56. The van der Waals surface area contributed by atoms with E-state index in [2.05, 4.69) is 5.32 Å². The van der Waals surface area contributed by atoms with E-state index in [1.54, 1.807) is 42.5 Å². The molecule has 0 radical (unpaired) electrons. The number of carbonyl (C=O) groups is 1. The largest absolute Gasteiger partial charge is 0.419 e. The van der Waals surface area contributed by atoms with Crippen molar-refractivity contribution in [3.05, 3.63) is 63.6 Å². The Labute approximate surface area is 131 Å². The molecule has 6 heteroatoms. The number of benzene rings is 2. The number of nitrogens with one attached hydrogen (secondary N) is 1. The zero-order valence-electron chi connectivity index (χ0n) is 11.8. The van der Waals surface area contributed by atoms with Crippen molar-refractivity contribution >= 4 is 34.3 Å². The van der Waals surface area contributed by atoms with Crippen LogP contribution in [0.5, 0.6) is 0 Å². The van der Waals surface area contributed by atoms with E-state index in [0.717, 1.165) is 0 Å². The first kappa shape index (κ1) is 14.4. The number of amides is 1. The minimum absolute atomic E-state index is 0.279. The van der Waals surface area contributed by atoms with Gasteiger partial charge in [-0.25, -0.2) is 4.79 Å². The van der Waals surface area contributed by atoms with E-state index in [-0.39, 0.29) is 5.91 Å². The van der Waals surface area contributed by atoms with Gasteiger partial charge in [0, 0.05) is 28.9 Å². The van der Waals surface area contributed by atoms with Crippen LogP contribution in [-0.2, 0) is 6.54 Å². The molecule has 1 aromatic heterocycles. The summed E-state index contributed by atoms with van der Waals surface area (Å²) in [5.41, 5.74) is 2.15. The van der Waals surface area contributed by atoms with Crippen molar-refractivity contribution in [1.82, 2.24) is 4.57 Å². The quantitative estimate of drug-likeness (QED) is 0.804. The average molecular weight is 317 g/mol. The summed E-state index contributed by atoms with van der Waals surface area (Å²) in [5, 5.41) is 3.25. The first-order valence-corrected chi connectivity index (χ1v) is 7.16. The van der Waals surface area contributed by atoms with Gasteiger partial charge in [0.25, 0.3) is 5.91 Å². The molecule has 0 spiro atoms. The molecule has 0 unspecified atom stereocenters. The summed E-state index contributed by atoms with van der Waals surface area (Å²) < 4.78 is 6.70. The molecule has 3 aromatic rings. The Hall–Kier alpha value is -2.53. The van der Waals surface area contributed by atoms with Gasteiger partial charge in [0.15, 0.2) is 5.58 Å². The molecular weight excluding hydrogens is 304 g/mol. The number of carbonyl (C=O) groups excluding carboxylic acids is 1. The Morgan fingerprint density at radius 3 is 2.82 bits per heavy atom. The second-order valence-electron chi connectivity index (χ2n) is 4.76. The highest BCUT2D eigenvalue weighted by Gasteiger charge is 2.11. The Bertz CT molecular complexity index is 911. The van der Waals surface area contributed by atoms with E-state index in [1.165, 1.54) is 4.57 Å². The number of halogens is 1. The van der Waals surface area contributed by atoms with Gasteiger partial charge in [-0.3, -0.25) is 9.36 Å². The number of nitrogens with zero attached hydrogens (tertiary/aromatic N) is 1. The van der Waals surface area contributed by atoms with Gasteiger partial charge in [-0.05, 0) is 37.3 Å². The van der Waals surface area contributed by atoms with Crippen molar-refractivity contribution in [3.63, 3.8) is 0 Å². The Kier molecular flexibility index (Phi) is 3.73. The molecule has 0 bridgehead atoms. The predicted octanol–water partition coefficient (Wildman–Crippen LogP) is 3.52. The summed E-state index contributed by atoms with van der Waals surface area (Å²) in [4.78, 5) is 23.8. The normalized spacial score (nSPS) is 10.8. The molecule has 2 aromatic carbocycles. The summed E-state index contributed by atoms with van der Waals surface area (Å²) in [6.45, 7) is 2.39. The monoisotopic (exact) mass is 316 g/mol. The lowest BCUT2D eigenvalue weighted by atomic mass is 10.2. The molecule has 0 saturated heterocycles. The molecule has 0 aliphatic heterocycles. The van der Waals surface area contributed by atoms with Gasteiger partial charge in [-0.2, -0.15) is 0 Å². The second kappa shape index (κ2) is 5.69. The van der Waals surface area contributed by atoms with Crippen LogP contribution in [-0.4, -0.2) is 10.5 Å². The van der Waals surface area contributed by atoms with E-state index in [4.69, 9.17) is 16.0 Å². The number of rotatable bonds is 3. The lowest BCUT2D eigenvalue weighted by molar-refractivity contribution is 0.102. The number of oxazole rings is 1. The molecular formula is C16H13ClN2O3. The minimum Gasteiger partial charge on any atom is -0.408 e. The molecule has 1 N–H and O–H groups in total. The van der Waals surface area contributed by atoms with Crippen molar-refractivity contribution in [1.29, 1.82) is 0 Å². The Morgan fingerprint density at radius 1 is 1.27 bits per heavy atom. The van der Waals surface area contributed by atoms with Crippen molar-refractivity contribution in [2.24, 2.45) is 0 Å². The SMILES string of the molecule is CCn1c(=O)oc2cc(NC(=O)c3cccc(Cl)c3)ccc21. The Balaban J connectivity index is 1.91. The predicted molar refractivity (Wildman–Crippen MR) is 85.6 cm³/mol. The van der Waals surface area contributed by atoms with Gasteiger partial charge in [0.1, 0.15) is 0 Å². The fourth-order valence-electron chi connectivity index (χ4n) is 2.28. The second-order valence-corrected chi connectivity index (χ2v) is 5.20. The number of hydrogen-bond acceptors (Lipinski definition) is 3. The fraction of sp³-hybridized carbons (Fsp3) is 0.125. The molecule has 0 atom stereocenters. The summed E-state index contributed by atoms with van der Waals surface area (Å²) >= 11 is 5.87. The smallest absolute Gasteiger partial charge is 0.408 e. The highest BCUT2D eigenvalue weighted by Crippen LogP contribution is 2.19. The molecule has 3 rings (SSSR count). The highest BCUT2D eigenvalue weighted by molar-refractivity contribution is 6.31. The number of aromatic nitrogens is 1. The van der Waals surface area contributed by atoms with Crippen LogP contribution in [0.15, 0.2) is 51.7 Å². The van der Waals surface area contributed by atoms with Crippen LogP contribution in [0, 0.1) is 0 Å². The number of fused-ring (bicyclic) bond motifs is 1. The maximum absolute atomic E-state index is 12.2. The molecule has 22 heavy (non-hydrogen) atoms. The van der Waals surface area contributed by atoms with E-state index in [9.17, 15) is 9.59 Å². The fourth-order valence-corrected chi connectivity index (χ4v) is 2.47. The number of aryl methyl sites for hydroxylation is 1. The van der Waals surface area contributed by atoms with Gasteiger partial charge < -0.3 is 9.73 Å². The molecule has 5 nitrogen and oxygen atoms in total. The standard InChI is InChI=1S/C16H13ClN2O3/c1-2-19-13-7-6-12(9-14(13)22-16(19)21)18-15(20)10-4-3-5-11(17)8-10/h3-9H,2H2,1H3,(H,18,20). The van der Waals surface area contributed by atoms with Gasteiger partial charge in [0.2, 0.25) is 0 Å². The van der Waals surface area contributed by atoms with Gasteiger partial charge in [-0.15, -0.1) is 0 Å². The summed E-state index contributed by atoms with van der Waals surface area (Å²) in [7, 11) is 0. The minimum atomic E-state index is -0.407. The first-order chi connectivity index (χ1) is 10.6. The van der Waals surface area contributed by atoms with Gasteiger partial charge in [0.05, 0.1) is 5.52 Å². The van der Waals surface area contributed by atoms with Crippen LogP contribution in [0.4, 0.5) is 5.69 Å². The van der Waals surface area contributed by atoms with Crippen LogP contribution >= 0.6 is 11.6 Å². The van der Waals surface area contributed by atoms with E-state index in [0.29, 0.717) is 33.9 Å². The average Bonchev–Trinajstić information content (AvgIpc) is 2.81. The molecule has 112 valence electrons. The van der Waals surface area contributed by atoms with E-state index >= 15 is 0 Å². The number of hydrogen-bond donors (Lipinski definition) is 1. The Morgan fingerprint density at radius 2 is 2.09 bits per heavy atom. The molecule has 0 aliphatic rings. The van der Waals surface area contributed by atoms with Crippen molar-refractivity contribution < 1.29 is 9.21 Å².